The molecule has 2 aliphatic rings. The number of amides is 2. The number of thiazole rings is 1. The third-order valence-corrected chi connectivity index (χ3v) is 5.73. The van der Waals surface area contributed by atoms with Gasteiger partial charge >= 0.3 is 0 Å². The number of rotatable bonds is 3. The van der Waals surface area contributed by atoms with E-state index in [0.29, 0.717) is 18.1 Å². The van der Waals surface area contributed by atoms with Crippen molar-refractivity contribution in [2.75, 3.05) is 11.9 Å². The Labute approximate surface area is 146 Å². The maximum Gasteiger partial charge on any atom is 0.249 e. The zero-order chi connectivity index (χ0) is 17.5. The van der Waals surface area contributed by atoms with Crippen LogP contribution in [0.4, 0.5) is 5.13 Å². The summed E-state index contributed by atoms with van der Waals surface area (Å²) in [6, 6.07) is -0.290. The summed E-state index contributed by atoms with van der Waals surface area (Å²) in [5.74, 6) is -0.0809. The first-order valence-electron chi connectivity index (χ1n) is 8.60. The molecule has 7 heteroatoms. The molecule has 2 amide bonds. The molecule has 132 valence electrons. The van der Waals surface area contributed by atoms with Crippen LogP contribution in [0.15, 0.2) is 0 Å². The van der Waals surface area contributed by atoms with Crippen LogP contribution in [-0.2, 0) is 22.4 Å². The van der Waals surface area contributed by atoms with Crippen molar-refractivity contribution in [1.82, 2.24) is 9.88 Å². The van der Waals surface area contributed by atoms with Gasteiger partial charge in [-0.1, -0.05) is 20.8 Å². The van der Waals surface area contributed by atoms with Crippen LogP contribution in [0.3, 0.4) is 0 Å². The Kier molecular flexibility index (Phi) is 4.66. The molecule has 1 aliphatic heterocycles. The van der Waals surface area contributed by atoms with Gasteiger partial charge in [-0.05, 0) is 31.1 Å². The minimum Gasteiger partial charge on any atom is -0.330 e. The Bertz CT molecular complexity index is 650. The zero-order valence-corrected chi connectivity index (χ0v) is 15.4. The quantitative estimate of drug-likeness (QED) is 0.872. The van der Waals surface area contributed by atoms with Gasteiger partial charge in [-0.2, -0.15) is 0 Å². The lowest BCUT2D eigenvalue weighted by atomic mass is 9.85. The predicted octanol–water partition coefficient (Wildman–Crippen LogP) is 1.93. The summed E-state index contributed by atoms with van der Waals surface area (Å²) >= 11 is 1.51. The van der Waals surface area contributed by atoms with E-state index in [1.807, 2.05) is 20.8 Å². The van der Waals surface area contributed by atoms with Crippen LogP contribution in [0.25, 0.3) is 0 Å². The molecule has 1 saturated heterocycles. The van der Waals surface area contributed by atoms with Crippen LogP contribution >= 0.6 is 11.3 Å². The van der Waals surface area contributed by atoms with E-state index in [4.69, 9.17) is 5.73 Å². The van der Waals surface area contributed by atoms with Crippen molar-refractivity contribution in [3.8, 4) is 0 Å². The van der Waals surface area contributed by atoms with Crippen molar-refractivity contribution in [2.24, 2.45) is 11.1 Å². The molecule has 24 heavy (non-hydrogen) atoms. The Hall–Kier alpha value is -1.47. The number of carbonyl (C=O) groups excluding carboxylic acids is 2. The first-order valence-corrected chi connectivity index (χ1v) is 9.42. The average molecular weight is 350 g/mol. The molecular weight excluding hydrogens is 324 g/mol. The molecular formula is C17H26N4O2S. The number of nitrogens with two attached hydrogens (primary N) is 1. The van der Waals surface area contributed by atoms with Gasteiger partial charge in [0.05, 0.1) is 5.69 Å². The van der Waals surface area contributed by atoms with Crippen molar-refractivity contribution in [2.45, 2.75) is 65.0 Å². The van der Waals surface area contributed by atoms with Crippen molar-refractivity contribution >= 4 is 28.3 Å². The smallest absolute Gasteiger partial charge is 0.249 e. The second-order valence-corrected chi connectivity index (χ2v) is 8.92. The third-order valence-electron chi connectivity index (χ3n) is 4.70. The van der Waals surface area contributed by atoms with E-state index >= 15 is 0 Å². The summed E-state index contributed by atoms with van der Waals surface area (Å²) in [4.78, 5) is 32.5. The molecule has 2 heterocycles. The summed E-state index contributed by atoms with van der Waals surface area (Å²) in [6.45, 7) is 6.63. The fourth-order valence-electron chi connectivity index (χ4n) is 3.57. The van der Waals surface area contributed by atoms with Crippen LogP contribution < -0.4 is 11.1 Å². The highest BCUT2D eigenvalue weighted by Crippen LogP contribution is 2.32. The van der Waals surface area contributed by atoms with E-state index in [2.05, 4.69) is 10.3 Å². The minimum absolute atomic E-state index is 0.0643. The summed E-state index contributed by atoms with van der Waals surface area (Å²) in [7, 11) is 0. The van der Waals surface area contributed by atoms with Gasteiger partial charge in [0, 0.05) is 23.9 Å². The highest BCUT2D eigenvalue weighted by Gasteiger charge is 2.41. The van der Waals surface area contributed by atoms with Gasteiger partial charge in [0.1, 0.15) is 6.04 Å². The number of hydrogen-bond acceptors (Lipinski definition) is 5. The number of aromatic nitrogens is 1. The maximum absolute atomic E-state index is 12.9. The first-order chi connectivity index (χ1) is 11.3. The summed E-state index contributed by atoms with van der Waals surface area (Å²) < 4.78 is 0. The number of carbonyl (C=O) groups is 2. The standard InChI is InChI=1S/C17H26N4O2S/c1-17(2,3)14(21-8-4-5-13(21)22)15(23)20-16-19-11-7-6-10(18)9-12(11)24-16/h10,14H,4-9,18H2,1-3H3,(H,19,20,23)/t10-,14?/m0/s1. The summed E-state index contributed by atoms with van der Waals surface area (Å²) in [5.41, 5.74) is 6.74. The lowest BCUT2D eigenvalue weighted by Gasteiger charge is -2.36. The fraction of sp³-hybridized carbons (Fsp3) is 0.706. The Morgan fingerprint density at radius 1 is 1.42 bits per heavy atom. The summed E-state index contributed by atoms with van der Waals surface area (Å²) in [6.07, 6.45) is 3.99. The Balaban J connectivity index is 1.78. The molecule has 1 aromatic rings. The van der Waals surface area contributed by atoms with Crippen molar-refractivity contribution in [3.05, 3.63) is 10.6 Å². The molecule has 1 aromatic heterocycles. The van der Waals surface area contributed by atoms with Crippen LogP contribution in [-0.4, -0.2) is 40.3 Å². The molecule has 1 aliphatic carbocycles. The van der Waals surface area contributed by atoms with Crippen LogP contribution in [0.2, 0.25) is 0 Å². The highest BCUT2D eigenvalue weighted by atomic mass is 32.1. The van der Waals surface area contributed by atoms with E-state index in [-0.39, 0.29) is 23.3 Å². The van der Waals surface area contributed by atoms with Crippen molar-refractivity contribution in [1.29, 1.82) is 0 Å². The largest absolute Gasteiger partial charge is 0.330 e. The lowest BCUT2D eigenvalue weighted by molar-refractivity contribution is -0.138. The minimum atomic E-state index is -0.476. The molecule has 6 nitrogen and oxygen atoms in total. The molecule has 3 rings (SSSR count). The Morgan fingerprint density at radius 3 is 2.79 bits per heavy atom. The molecule has 0 aromatic carbocycles. The zero-order valence-electron chi connectivity index (χ0n) is 14.6. The van der Waals surface area contributed by atoms with Gasteiger partial charge < -0.3 is 16.0 Å². The van der Waals surface area contributed by atoms with Gasteiger partial charge in [0.2, 0.25) is 11.8 Å². The van der Waals surface area contributed by atoms with E-state index in [1.54, 1.807) is 4.90 Å². The number of nitrogens with zero attached hydrogens (tertiary/aromatic N) is 2. The Morgan fingerprint density at radius 2 is 2.17 bits per heavy atom. The third kappa shape index (κ3) is 3.47. The molecule has 0 spiro atoms. The van der Waals surface area contributed by atoms with E-state index in [1.165, 1.54) is 16.2 Å². The molecule has 3 N–H and O–H groups in total. The maximum atomic E-state index is 12.9. The number of anilines is 1. The first kappa shape index (κ1) is 17.4. The summed E-state index contributed by atoms with van der Waals surface area (Å²) in [5, 5.41) is 3.58. The number of nitrogens with one attached hydrogen (secondary N) is 1. The highest BCUT2D eigenvalue weighted by molar-refractivity contribution is 7.15. The van der Waals surface area contributed by atoms with E-state index in [0.717, 1.165) is 31.4 Å². The van der Waals surface area contributed by atoms with Gasteiger partial charge in [-0.25, -0.2) is 4.98 Å². The lowest BCUT2D eigenvalue weighted by Crippen LogP contribution is -2.52. The van der Waals surface area contributed by atoms with Gasteiger partial charge in [0.25, 0.3) is 0 Å². The van der Waals surface area contributed by atoms with Gasteiger partial charge in [0.15, 0.2) is 5.13 Å². The SMILES string of the molecule is CC(C)(C)C(C(=O)Nc1nc2c(s1)C[C@@H](N)CC2)N1CCCC1=O. The normalized spacial score (nSPS) is 22.4. The van der Waals surface area contributed by atoms with Crippen LogP contribution in [0, 0.1) is 5.41 Å². The molecule has 0 bridgehead atoms. The van der Waals surface area contributed by atoms with Gasteiger partial charge in [-0.3, -0.25) is 9.59 Å². The fourth-order valence-corrected chi connectivity index (χ4v) is 4.68. The molecule has 0 saturated carbocycles. The molecule has 1 unspecified atom stereocenters. The topological polar surface area (TPSA) is 88.3 Å². The number of hydrogen-bond donors (Lipinski definition) is 2. The molecule has 2 atom stereocenters. The van der Waals surface area contributed by atoms with E-state index in [9.17, 15) is 9.59 Å². The van der Waals surface area contributed by atoms with Crippen molar-refractivity contribution < 1.29 is 9.59 Å². The second kappa shape index (κ2) is 6.44. The van der Waals surface area contributed by atoms with E-state index < -0.39 is 6.04 Å². The van der Waals surface area contributed by atoms with Gasteiger partial charge in [-0.15, -0.1) is 11.3 Å². The number of likely N-dealkylation sites (tertiary alicyclic amines) is 1. The van der Waals surface area contributed by atoms with Crippen molar-refractivity contribution in [3.63, 3.8) is 0 Å². The predicted molar refractivity (Wildman–Crippen MR) is 94.9 cm³/mol. The van der Waals surface area contributed by atoms with Crippen LogP contribution in [0.5, 0.6) is 0 Å². The monoisotopic (exact) mass is 350 g/mol. The van der Waals surface area contributed by atoms with Crippen LogP contribution in [0.1, 0.15) is 50.6 Å². The number of aryl methyl sites for hydroxylation is 1. The average Bonchev–Trinajstić information content (AvgIpc) is 3.03. The number of fused-ring (bicyclic) bond motifs is 1. The molecule has 0 radical (unpaired) electrons. The molecule has 1 fully saturated rings. The second-order valence-electron chi connectivity index (χ2n) is 7.84.